The van der Waals surface area contributed by atoms with Crippen LogP contribution in [0.2, 0.25) is 0 Å². The summed E-state index contributed by atoms with van der Waals surface area (Å²) in [6.45, 7) is 1.54. The maximum Gasteiger partial charge on any atom is 0.600 e. The van der Waals surface area contributed by atoms with Crippen LogP contribution in [0.4, 0.5) is 13.2 Å². The molecule has 0 radical (unpaired) electrons. The first-order valence-electron chi connectivity index (χ1n) is 4.08. The Bertz CT molecular complexity index is 473. The minimum Gasteiger partial charge on any atom is -1.00 e. The van der Waals surface area contributed by atoms with Gasteiger partial charge in [-0.25, -0.2) is 0 Å². The molecule has 82 valence electrons. The number of benzene rings is 1. The minimum absolute atomic E-state index is 0. The summed E-state index contributed by atoms with van der Waals surface area (Å²) in [5.74, 6) is 0. The van der Waals surface area contributed by atoms with Crippen molar-refractivity contribution in [2.24, 2.45) is 0 Å². The average Bonchev–Trinajstić information content (AvgIpc) is 2.38. The fourth-order valence-electron chi connectivity index (χ4n) is 1.54. The van der Waals surface area contributed by atoms with Gasteiger partial charge in [0.05, 0.1) is 10.5 Å². The first-order chi connectivity index (χ1) is 6.50. The van der Waals surface area contributed by atoms with Crippen molar-refractivity contribution in [2.75, 3.05) is 0 Å². The summed E-state index contributed by atoms with van der Waals surface area (Å²) < 4.78 is 38.4. The van der Waals surface area contributed by atoms with Crippen LogP contribution in [0, 0.1) is 6.92 Å². The van der Waals surface area contributed by atoms with Gasteiger partial charge >= 0.3 is 5.51 Å². The molecule has 1 aromatic heterocycles. The van der Waals surface area contributed by atoms with Crippen LogP contribution in [0.1, 0.15) is 4.88 Å². The number of hydrogen-bond donors (Lipinski definition) is 0. The molecule has 1 unspecified atom stereocenters. The number of fused-ring (bicyclic) bond motifs is 1. The number of hydrogen-bond acceptors (Lipinski definition) is 0. The number of thiophene rings is 1. The molecular formula is C10H8ClF3S. The van der Waals surface area contributed by atoms with Crippen LogP contribution in [-0.2, 0) is 5.51 Å². The van der Waals surface area contributed by atoms with Gasteiger partial charge < -0.3 is 12.4 Å². The Labute approximate surface area is 94.1 Å². The lowest BCUT2D eigenvalue weighted by Crippen LogP contribution is -3.00. The highest BCUT2D eigenvalue weighted by Crippen LogP contribution is 2.50. The predicted octanol–water partition coefficient (Wildman–Crippen LogP) is 1.38. The van der Waals surface area contributed by atoms with Crippen molar-refractivity contribution in [1.29, 1.82) is 0 Å². The lowest BCUT2D eigenvalue weighted by molar-refractivity contribution is -0.0867. The van der Waals surface area contributed by atoms with Crippen LogP contribution < -0.4 is 12.4 Å². The fraction of sp³-hybridized carbons (Fsp3) is 0.200. The van der Waals surface area contributed by atoms with Gasteiger partial charge in [0.15, 0.2) is 9.58 Å². The highest BCUT2D eigenvalue weighted by atomic mass is 35.5. The van der Waals surface area contributed by atoms with Gasteiger partial charge in [0.2, 0.25) is 0 Å². The summed E-state index contributed by atoms with van der Waals surface area (Å²) in [4.78, 5) is 0.402. The molecule has 2 rings (SSSR count). The molecule has 0 aliphatic heterocycles. The highest BCUT2D eigenvalue weighted by Gasteiger charge is 2.46. The van der Waals surface area contributed by atoms with E-state index >= 15 is 0 Å². The van der Waals surface area contributed by atoms with Gasteiger partial charge in [0.1, 0.15) is 0 Å². The minimum atomic E-state index is -4.15. The van der Waals surface area contributed by atoms with Crippen LogP contribution in [0.25, 0.3) is 10.1 Å². The molecule has 15 heavy (non-hydrogen) atoms. The average molecular weight is 253 g/mol. The first kappa shape index (κ1) is 12.3. The Balaban J connectivity index is 0.00000112. The largest absolute Gasteiger partial charge is 1.00 e. The van der Waals surface area contributed by atoms with Crippen molar-refractivity contribution in [2.45, 2.75) is 12.4 Å². The molecule has 0 N–H and O–H groups in total. The fourth-order valence-corrected chi connectivity index (χ4v) is 3.33. The molecular weight excluding hydrogens is 245 g/mol. The van der Waals surface area contributed by atoms with E-state index in [1.165, 1.54) is 6.92 Å². The molecule has 0 aliphatic carbocycles. The van der Waals surface area contributed by atoms with E-state index < -0.39 is 16.0 Å². The van der Waals surface area contributed by atoms with E-state index in [1.54, 1.807) is 30.3 Å². The molecule has 5 heteroatoms. The third-order valence-corrected chi connectivity index (χ3v) is 4.09. The second-order valence-electron chi connectivity index (χ2n) is 3.04. The van der Waals surface area contributed by atoms with Crippen LogP contribution in [0.5, 0.6) is 0 Å². The molecule has 2 aromatic rings. The predicted molar refractivity (Wildman–Crippen MR) is 52.5 cm³/mol. The summed E-state index contributed by atoms with van der Waals surface area (Å²) in [7, 11) is -1.70. The zero-order valence-electron chi connectivity index (χ0n) is 7.81. The molecule has 0 fully saturated rings. The molecule has 0 spiro atoms. The van der Waals surface area contributed by atoms with Crippen molar-refractivity contribution >= 4 is 20.6 Å². The summed E-state index contributed by atoms with van der Waals surface area (Å²) >= 11 is 0. The molecule has 0 bridgehead atoms. The SMILES string of the molecule is Cc1cc2ccccc2[s+]1C(F)(F)F.[Cl-]. The Morgan fingerprint density at radius 1 is 1.13 bits per heavy atom. The maximum atomic E-state index is 12.7. The first-order valence-corrected chi connectivity index (χ1v) is 5.31. The molecule has 0 nitrogen and oxygen atoms in total. The molecule has 0 aliphatic rings. The third-order valence-electron chi connectivity index (χ3n) is 2.05. The van der Waals surface area contributed by atoms with Gasteiger partial charge in [-0.05, 0) is 12.1 Å². The van der Waals surface area contributed by atoms with E-state index in [0.717, 1.165) is 0 Å². The molecule has 1 aromatic carbocycles. The van der Waals surface area contributed by atoms with Crippen molar-refractivity contribution in [3.8, 4) is 0 Å². The Morgan fingerprint density at radius 2 is 1.73 bits per heavy atom. The van der Waals surface area contributed by atoms with Gasteiger partial charge in [-0.1, -0.05) is 12.1 Å². The van der Waals surface area contributed by atoms with E-state index in [9.17, 15) is 13.2 Å². The van der Waals surface area contributed by atoms with Gasteiger partial charge in [0.25, 0.3) is 0 Å². The smallest absolute Gasteiger partial charge is 0.600 e. The summed E-state index contributed by atoms with van der Waals surface area (Å²) in [6.07, 6.45) is 0. The number of rotatable bonds is 0. The molecule has 0 amide bonds. The van der Waals surface area contributed by atoms with Crippen LogP contribution in [0.15, 0.2) is 30.3 Å². The third kappa shape index (κ3) is 2.11. The van der Waals surface area contributed by atoms with E-state index in [1.807, 2.05) is 0 Å². The van der Waals surface area contributed by atoms with Crippen molar-refractivity contribution in [3.63, 3.8) is 0 Å². The second-order valence-corrected chi connectivity index (χ2v) is 5.20. The zero-order chi connectivity index (χ0) is 10.3. The van der Waals surface area contributed by atoms with Crippen molar-refractivity contribution in [1.82, 2.24) is 0 Å². The lowest BCUT2D eigenvalue weighted by atomic mass is 10.2. The monoisotopic (exact) mass is 252 g/mol. The van der Waals surface area contributed by atoms with Gasteiger partial charge in [-0.15, -0.1) is 13.2 Å². The number of halogens is 4. The van der Waals surface area contributed by atoms with E-state index in [4.69, 9.17) is 0 Å². The van der Waals surface area contributed by atoms with Crippen LogP contribution in [0.3, 0.4) is 0 Å². The Kier molecular flexibility index (Phi) is 3.31. The highest BCUT2D eigenvalue weighted by molar-refractivity contribution is 7.38. The maximum absolute atomic E-state index is 12.7. The molecule has 1 atom stereocenters. The summed E-state index contributed by atoms with van der Waals surface area (Å²) in [5.41, 5.74) is -4.15. The number of alkyl halides is 3. The summed E-state index contributed by atoms with van der Waals surface area (Å²) in [6, 6.07) is 8.30. The van der Waals surface area contributed by atoms with Crippen molar-refractivity contribution < 1.29 is 25.6 Å². The quantitative estimate of drug-likeness (QED) is 0.622. The lowest BCUT2D eigenvalue weighted by Gasteiger charge is -1.96. The van der Waals surface area contributed by atoms with Crippen molar-refractivity contribution in [3.05, 3.63) is 35.2 Å². The standard InChI is InChI=1S/C10H8F3S.ClH/c1-7-6-8-4-2-3-5-9(8)14(7)10(11,12)13;/h2-6H,1H3;1H/q+1;/p-1. The van der Waals surface area contributed by atoms with Gasteiger partial charge in [-0.2, -0.15) is 0 Å². The topological polar surface area (TPSA) is 0 Å². The molecule has 0 saturated carbocycles. The van der Waals surface area contributed by atoms with Gasteiger partial charge in [0, 0.05) is 18.4 Å². The summed E-state index contributed by atoms with van der Waals surface area (Å²) in [5, 5.41) is 0.700. The Hall–Kier alpha value is -0.740. The zero-order valence-corrected chi connectivity index (χ0v) is 9.38. The molecule has 0 saturated heterocycles. The van der Waals surface area contributed by atoms with Gasteiger partial charge in [-0.3, -0.25) is 0 Å². The van der Waals surface area contributed by atoms with E-state index in [0.29, 0.717) is 15.0 Å². The van der Waals surface area contributed by atoms with E-state index in [2.05, 4.69) is 0 Å². The normalized spacial score (nSPS) is 12.7. The van der Waals surface area contributed by atoms with E-state index in [-0.39, 0.29) is 12.4 Å². The second kappa shape index (κ2) is 4.02. The number of aryl methyl sites for hydroxylation is 1. The Morgan fingerprint density at radius 3 is 2.33 bits per heavy atom. The molecule has 1 heterocycles. The van der Waals surface area contributed by atoms with Crippen LogP contribution in [-0.4, -0.2) is 0 Å². The van der Waals surface area contributed by atoms with Crippen LogP contribution >= 0.6 is 10.5 Å².